The second-order valence-corrected chi connectivity index (χ2v) is 6.75. The molecule has 2 aromatic carbocycles. The zero-order chi connectivity index (χ0) is 18.2. The van der Waals surface area contributed by atoms with Gasteiger partial charge in [0.15, 0.2) is 5.78 Å². The lowest BCUT2D eigenvalue weighted by Gasteiger charge is -2.25. The van der Waals surface area contributed by atoms with Crippen LogP contribution < -0.4 is 5.32 Å². The molecule has 26 heavy (non-hydrogen) atoms. The van der Waals surface area contributed by atoms with Crippen LogP contribution in [-0.2, 0) is 16.1 Å². The molecule has 3 rings (SSSR count). The van der Waals surface area contributed by atoms with Crippen molar-refractivity contribution in [2.24, 2.45) is 0 Å². The Labute approximate surface area is 154 Å². The summed E-state index contributed by atoms with van der Waals surface area (Å²) in [6.07, 6.45) is 4.15. The second kappa shape index (κ2) is 9.30. The van der Waals surface area contributed by atoms with Gasteiger partial charge in [-0.2, -0.15) is 0 Å². The van der Waals surface area contributed by atoms with Crippen LogP contribution in [0.3, 0.4) is 0 Å². The highest BCUT2D eigenvalue weighted by molar-refractivity contribution is 5.97. The minimum Gasteiger partial charge on any atom is -0.461 e. The molecule has 0 unspecified atom stereocenters. The van der Waals surface area contributed by atoms with Gasteiger partial charge >= 0.3 is 5.97 Å². The number of ketones is 1. The molecule has 1 saturated carbocycles. The number of ether oxygens (including phenoxy) is 1. The monoisotopic (exact) mass is 351 g/mol. The Kier molecular flexibility index (Phi) is 6.56. The van der Waals surface area contributed by atoms with E-state index in [2.05, 4.69) is 17.4 Å². The summed E-state index contributed by atoms with van der Waals surface area (Å²) in [5.41, 5.74) is 3.07. The number of carbonyl (C=O) groups is 2. The largest absolute Gasteiger partial charge is 0.461 e. The van der Waals surface area contributed by atoms with E-state index in [9.17, 15) is 9.59 Å². The van der Waals surface area contributed by atoms with Crippen molar-refractivity contribution in [2.45, 2.75) is 38.2 Å². The Balaban J connectivity index is 1.31. The highest BCUT2D eigenvalue weighted by Gasteiger charge is 2.18. The normalized spacial score (nSPS) is 13.8. The van der Waals surface area contributed by atoms with Crippen molar-refractivity contribution >= 4 is 11.8 Å². The molecular weight excluding hydrogens is 326 g/mol. The molecular formula is C22H25NO3. The van der Waals surface area contributed by atoms with Gasteiger partial charge in [0.2, 0.25) is 0 Å². The van der Waals surface area contributed by atoms with Gasteiger partial charge in [-0.15, -0.1) is 0 Å². The molecule has 4 nitrogen and oxygen atoms in total. The van der Waals surface area contributed by atoms with Gasteiger partial charge in [-0.3, -0.25) is 9.59 Å². The Bertz CT molecular complexity index is 721. The van der Waals surface area contributed by atoms with E-state index < -0.39 is 0 Å². The predicted octanol–water partition coefficient (Wildman–Crippen LogP) is 3.86. The zero-order valence-electron chi connectivity index (χ0n) is 14.9. The molecule has 1 aliphatic rings. The van der Waals surface area contributed by atoms with Gasteiger partial charge in [0, 0.05) is 12.1 Å². The fourth-order valence-corrected chi connectivity index (χ4v) is 2.98. The molecule has 1 fully saturated rings. The zero-order valence-corrected chi connectivity index (χ0v) is 14.9. The van der Waals surface area contributed by atoms with E-state index >= 15 is 0 Å². The molecule has 0 amide bonds. The highest BCUT2D eigenvalue weighted by atomic mass is 16.5. The molecule has 2 aromatic rings. The number of benzene rings is 2. The number of hydrogen-bond acceptors (Lipinski definition) is 4. The fraction of sp³-hybridized carbons (Fsp3) is 0.364. The molecule has 0 radical (unpaired) electrons. The third-order valence-corrected chi connectivity index (χ3v) is 4.84. The first kappa shape index (κ1) is 18.3. The van der Waals surface area contributed by atoms with Crippen LogP contribution in [0.2, 0.25) is 0 Å². The Hall–Kier alpha value is -2.46. The molecule has 0 heterocycles. The van der Waals surface area contributed by atoms with Crippen molar-refractivity contribution in [1.29, 1.82) is 0 Å². The van der Waals surface area contributed by atoms with E-state index in [1.54, 1.807) is 12.1 Å². The molecule has 0 bridgehead atoms. The van der Waals surface area contributed by atoms with Crippen LogP contribution in [-0.4, -0.2) is 24.8 Å². The number of esters is 1. The lowest BCUT2D eigenvalue weighted by molar-refractivity contribution is -0.144. The average Bonchev–Trinajstić information content (AvgIpc) is 2.64. The number of carbonyl (C=O) groups excluding carboxylic acids is 2. The van der Waals surface area contributed by atoms with Crippen molar-refractivity contribution in [2.75, 3.05) is 13.1 Å². The third-order valence-electron chi connectivity index (χ3n) is 4.84. The van der Waals surface area contributed by atoms with Gasteiger partial charge < -0.3 is 10.1 Å². The van der Waals surface area contributed by atoms with Crippen molar-refractivity contribution in [3.63, 3.8) is 0 Å². The van der Waals surface area contributed by atoms with Crippen LogP contribution in [0.1, 0.15) is 53.1 Å². The summed E-state index contributed by atoms with van der Waals surface area (Å²) in [6.45, 7) is 0.949. The van der Waals surface area contributed by atoms with Crippen LogP contribution in [0.15, 0.2) is 54.6 Å². The highest BCUT2D eigenvalue weighted by Crippen LogP contribution is 2.36. The van der Waals surface area contributed by atoms with Gasteiger partial charge in [-0.1, -0.05) is 61.0 Å². The maximum Gasteiger partial charge on any atom is 0.307 e. The van der Waals surface area contributed by atoms with Gasteiger partial charge in [-0.05, 0) is 29.9 Å². The summed E-state index contributed by atoms with van der Waals surface area (Å²) in [7, 11) is 0. The summed E-state index contributed by atoms with van der Waals surface area (Å²) >= 11 is 0. The molecule has 0 saturated heterocycles. The average molecular weight is 351 g/mol. The smallest absolute Gasteiger partial charge is 0.307 e. The summed E-state index contributed by atoms with van der Waals surface area (Å²) < 4.78 is 5.30. The minimum absolute atomic E-state index is 0.0190. The lowest BCUT2D eigenvalue weighted by Crippen LogP contribution is -2.26. The number of rotatable bonds is 9. The standard InChI is InChI=1S/C22H25NO3/c24-21(20-5-2-1-3-6-20)15-23-14-13-22(25)26-16-17-9-11-19(12-10-17)18-7-4-8-18/h1-3,5-6,9-12,18,23H,4,7-8,13-16H2. The second-order valence-electron chi connectivity index (χ2n) is 6.75. The van der Waals surface area contributed by atoms with Crippen molar-refractivity contribution in [3.8, 4) is 0 Å². The van der Waals surface area contributed by atoms with Crippen LogP contribution in [0, 0.1) is 0 Å². The van der Waals surface area contributed by atoms with Gasteiger partial charge in [0.25, 0.3) is 0 Å². The van der Waals surface area contributed by atoms with E-state index in [0.717, 1.165) is 11.5 Å². The fourth-order valence-electron chi connectivity index (χ4n) is 2.98. The third kappa shape index (κ3) is 5.27. The molecule has 4 heteroatoms. The molecule has 136 valence electrons. The Morgan fingerprint density at radius 1 is 1.00 bits per heavy atom. The van der Waals surface area contributed by atoms with Crippen molar-refractivity contribution in [3.05, 3.63) is 71.3 Å². The van der Waals surface area contributed by atoms with Gasteiger partial charge in [0.05, 0.1) is 13.0 Å². The van der Waals surface area contributed by atoms with Gasteiger partial charge in [-0.25, -0.2) is 0 Å². The van der Waals surface area contributed by atoms with Crippen molar-refractivity contribution < 1.29 is 14.3 Å². The SMILES string of the molecule is O=C(CCNCC(=O)c1ccccc1)OCc1ccc(C2CCC2)cc1. The van der Waals surface area contributed by atoms with Crippen LogP contribution in [0.5, 0.6) is 0 Å². The molecule has 0 atom stereocenters. The molecule has 1 N–H and O–H groups in total. The van der Waals surface area contributed by atoms with Crippen LogP contribution in [0.4, 0.5) is 0 Å². The van der Waals surface area contributed by atoms with E-state index in [-0.39, 0.29) is 24.7 Å². The summed E-state index contributed by atoms with van der Waals surface area (Å²) in [4.78, 5) is 23.7. The van der Waals surface area contributed by atoms with E-state index in [1.807, 2.05) is 30.3 Å². The number of hydrogen-bond donors (Lipinski definition) is 1. The minimum atomic E-state index is -0.257. The van der Waals surface area contributed by atoms with Crippen molar-refractivity contribution in [1.82, 2.24) is 5.32 Å². The van der Waals surface area contributed by atoms with Gasteiger partial charge in [0.1, 0.15) is 6.61 Å². The molecule has 1 aliphatic carbocycles. The summed E-state index contributed by atoms with van der Waals surface area (Å²) in [5.74, 6) is 0.481. The molecule has 0 aliphatic heterocycles. The quantitative estimate of drug-likeness (QED) is 0.423. The first-order valence-electron chi connectivity index (χ1n) is 9.26. The van der Waals surface area contributed by atoms with Crippen LogP contribution in [0.25, 0.3) is 0 Å². The number of nitrogens with one attached hydrogen (secondary N) is 1. The first-order valence-corrected chi connectivity index (χ1v) is 9.26. The maximum absolute atomic E-state index is 11.9. The number of Topliss-reactive ketones (excluding diaryl/α,β-unsaturated/α-hetero) is 1. The predicted molar refractivity (Wildman–Crippen MR) is 101 cm³/mol. The molecule has 0 spiro atoms. The topological polar surface area (TPSA) is 55.4 Å². The first-order chi connectivity index (χ1) is 12.7. The Morgan fingerprint density at radius 2 is 1.73 bits per heavy atom. The van der Waals surface area contributed by atoms with Crippen LogP contribution >= 0.6 is 0 Å². The lowest BCUT2D eigenvalue weighted by atomic mass is 9.80. The van der Waals surface area contributed by atoms with E-state index in [0.29, 0.717) is 18.7 Å². The maximum atomic E-state index is 11.9. The van der Waals surface area contributed by atoms with E-state index in [1.165, 1.54) is 24.8 Å². The van der Waals surface area contributed by atoms with E-state index in [4.69, 9.17) is 4.74 Å². The Morgan fingerprint density at radius 3 is 2.38 bits per heavy atom. The summed E-state index contributed by atoms with van der Waals surface area (Å²) in [5, 5.41) is 3.00. The molecule has 0 aromatic heterocycles. The summed E-state index contributed by atoms with van der Waals surface area (Å²) in [6, 6.07) is 17.5.